The van der Waals surface area contributed by atoms with Crippen LogP contribution >= 0.6 is 0 Å². The molecule has 1 aromatic rings. The van der Waals surface area contributed by atoms with Gasteiger partial charge in [-0.3, -0.25) is 0 Å². The van der Waals surface area contributed by atoms with Crippen molar-refractivity contribution in [3.63, 3.8) is 0 Å². The van der Waals surface area contributed by atoms with E-state index in [9.17, 15) is 5.26 Å². The summed E-state index contributed by atoms with van der Waals surface area (Å²) in [6.45, 7) is 0. The Bertz CT molecular complexity index is 442. The van der Waals surface area contributed by atoms with Crippen LogP contribution in [0, 0.1) is 11.3 Å². The predicted molar refractivity (Wildman–Crippen MR) is 65.3 cm³/mol. The first-order valence-electron chi connectivity index (χ1n) is 5.90. The topological polar surface area (TPSA) is 42.2 Å². The maximum absolute atomic E-state index is 9.51. The van der Waals surface area contributed by atoms with Gasteiger partial charge in [0, 0.05) is 5.56 Å². The summed E-state index contributed by atoms with van der Waals surface area (Å²) in [7, 11) is 3.25. The minimum absolute atomic E-state index is 0.389. The number of methoxy groups -OCH3 is 2. The highest BCUT2D eigenvalue weighted by molar-refractivity contribution is 5.52. The first-order chi connectivity index (χ1) is 8.27. The summed E-state index contributed by atoms with van der Waals surface area (Å²) in [4.78, 5) is 0. The Morgan fingerprint density at radius 1 is 1.18 bits per heavy atom. The zero-order chi connectivity index (χ0) is 12.3. The van der Waals surface area contributed by atoms with Crippen LogP contribution in [0.5, 0.6) is 11.5 Å². The van der Waals surface area contributed by atoms with Crippen LogP contribution in [0.3, 0.4) is 0 Å². The maximum atomic E-state index is 9.51. The standard InChI is InChI=1S/C14H17NO2/c1-16-12-7-5-6-11(13(12)17-2)14(10-15)8-3-4-9-14/h5-7H,3-4,8-9H2,1-2H3. The third kappa shape index (κ3) is 1.84. The second-order valence-corrected chi connectivity index (χ2v) is 4.44. The van der Waals surface area contributed by atoms with Gasteiger partial charge in [-0.2, -0.15) is 5.26 Å². The van der Waals surface area contributed by atoms with Crippen LogP contribution in [0.4, 0.5) is 0 Å². The lowest BCUT2D eigenvalue weighted by Crippen LogP contribution is -2.20. The highest BCUT2D eigenvalue weighted by Gasteiger charge is 2.38. The van der Waals surface area contributed by atoms with E-state index in [1.54, 1.807) is 14.2 Å². The van der Waals surface area contributed by atoms with Crippen molar-refractivity contribution in [1.82, 2.24) is 0 Å². The molecule has 0 N–H and O–H groups in total. The molecule has 0 unspecified atom stereocenters. The minimum atomic E-state index is -0.389. The van der Waals surface area contributed by atoms with Gasteiger partial charge in [0.2, 0.25) is 0 Å². The molecule has 0 aliphatic heterocycles. The molecule has 0 radical (unpaired) electrons. The fourth-order valence-corrected chi connectivity index (χ4v) is 2.68. The van der Waals surface area contributed by atoms with Crippen molar-refractivity contribution < 1.29 is 9.47 Å². The predicted octanol–water partition coefficient (Wildman–Crippen LogP) is 3.04. The van der Waals surface area contributed by atoms with Gasteiger partial charge in [0.05, 0.1) is 25.7 Å². The quantitative estimate of drug-likeness (QED) is 0.803. The van der Waals surface area contributed by atoms with E-state index in [1.807, 2.05) is 18.2 Å². The van der Waals surface area contributed by atoms with Gasteiger partial charge in [0.25, 0.3) is 0 Å². The molecule has 1 aromatic carbocycles. The lowest BCUT2D eigenvalue weighted by atomic mass is 9.80. The van der Waals surface area contributed by atoms with Gasteiger partial charge >= 0.3 is 0 Å². The third-order valence-electron chi connectivity index (χ3n) is 3.59. The van der Waals surface area contributed by atoms with Crippen LogP contribution < -0.4 is 9.47 Å². The van der Waals surface area contributed by atoms with E-state index in [0.29, 0.717) is 11.5 Å². The molecule has 3 heteroatoms. The number of rotatable bonds is 3. The monoisotopic (exact) mass is 231 g/mol. The van der Waals surface area contributed by atoms with Gasteiger partial charge in [0.1, 0.15) is 0 Å². The molecule has 0 atom stereocenters. The Morgan fingerprint density at radius 2 is 1.88 bits per heavy atom. The molecule has 90 valence electrons. The number of para-hydroxylation sites is 1. The summed E-state index contributed by atoms with van der Waals surface area (Å²) in [5.41, 5.74) is 0.583. The number of nitriles is 1. The van der Waals surface area contributed by atoms with E-state index in [0.717, 1.165) is 31.2 Å². The van der Waals surface area contributed by atoms with Gasteiger partial charge in [-0.1, -0.05) is 25.0 Å². The van der Waals surface area contributed by atoms with Crippen molar-refractivity contribution in [2.45, 2.75) is 31.1 Å². The molecular weight excluding hydrogens is 214 g/mol. The molecular formula is C14H17NO2. The summed E-state index contributed by atoms with van der Waals surface area (Å²) >= 11 is 0. The Balaban J connectivity index is 2.54. The van der Waals surface area contributed by atoms with Crippen molar-refractivity contribution in [2.75, 3.05) is 14.2 Å². The molecule has 0 heterocycles. The van der Waals surface area contributed by atoms with Crippen LogP contribution in [-0.4, -0.2) is 14.2 Å². The molecule has 1 saturated carbocycles. The highest BCUT2D eigenvalue weighted by Crippen LogP contribution is 2.46. The Hall–Kier alpha value is -1.69. The number of hydrogen-bond acceptors (Lipinski definition) is 3. The number of ether oxygens (including phenoxy) is 2. The van der Waals surface area contributed by atoms with Crippen molar-refractivity contribution in [3.05, 3.63) is 23.8 Å². The smallest absolute Gasteiger partial charge is 0.165 e. The molecule has 0 aromatic heterocycles. The minimum Gasteiger partial charge on any atom is -0.493 e. The molecule has 0 spiro atoms. The summed E-state index contributed by atoms with van der Waals surface area (Å²) < 4.78 is 10.7. The van der Waals surface area contributed by atoms with Crippen LogP contribution in [0.25, 0.3) is 0 Å². The summed E-state index contributed by atoms with van der Waals surface area (Å²) in [5, 5.41) is 9.51. The van der Waals surface area contributed by atoms with Crippen molar-refractivity contribution in [1.29, 1.82) is 5.26 Å². The molecule has 1 aliphatic carbocycles. The zero-order valence-electron chi connectivity index (χ0n) is 10.3. The maximum Gasteiger partial charge on any atom is 0.165 e. The van der Waals surface area contributed by atoms with Crippen LogP contribution in [0.1, 0.15) is 31.2 Å². The van der Waals surface area contributed by atoms with Gasteiger partial charge in [-0.15, -0.1) is 0 Å². The normalized spacial score (nSPS) is 17.5. The fraction of sp³-hybridized carbons (Fsp3) is 0.500. The molecule has 1 fully saturated rings. The van der Waals surface area contributed by atoms with Crippen molar-refractivity contribution in [3.8, 4) is 17.6 Å². The SMILES string of the molecule is COc1cccc(C2(C#N)CCCC2)c1OC. The highest BCUT2D eigenvalue weighted by atomic mass is 16.5. The Labute approximate surface area is 102 Å². The fourth-order valence-electron chi connectivity index (χ4n) is 2.68. The van der Waals surface area contributed by atoms with E-state index < -0.39 is 0 Å². The molecule has 2 rings (SSSR count). The molecule has 0 bridgehead atoms. The first kappa shape index (κ1) is 11.8. The van der Waals surface area contributed by atoms with Gasteiger partial charge in [-0.05, 0) is 18.9 Å². The summed E-state index contributed by atoms with van der Waals surface area (Å²) in [5.74, 6) is 1.41. The second kappa shape index (κ2) is 4.67. The van der Waals surface area contributed by atoms with Gasteiger partial charge in [0.15, 0.2) is 11.5 Å². The molecule has 17 heavy (non-hydrogen) atoms. The largest absolute Gasteiger partial charge is 0.493 e. The number of hydrogen-bond donors (Lipinski definition) is 0. The molecule has 3 nitrogen and oxygen atoms in total. The Morgan fingerprint density at radius 3 is 2.41 bits per heavy atom. The number of benzene rings is 1. The lowest BCUT2D eigenvalue weighted by molar-refractivity contribution is 0.345. The molecule has 0 saturated heterocycles. The lowest BCUT2D eigenvalue weighted by Gasteiger charge is -2.24. The third-order valence-corrected chi connectivity index (χ3v) is 3.59. The molecule has 0 amide bonds. The van der Waals surface area contributed by atoms with E-state index in [-0.39, 0.29) is 5.41 Å². The van der Waals surface area contributed by atoms with E-state index in [4.69, 9.17) is 9.47 Å². The Kier molecular flexibility index (Phi) is 3.23. The second-order valence-electron chi connectivity index (χ2n) is 4.44. The van der Waals surface area contributed by atoms with E-state index >= 15 is 0 Å². The number of nitrogens with zero attached hydrogens (tertiary/aromatic N) is 1. The van der Waals surface area contributed by atoms with Crippen molar-refractivity contribution >= 4 is 0 Å². The van der Waals surface area contributed by atoms with E-state index in [1.165, 1.54) is 0 Å². The molecule has 1 aliphatic rings. The van der Waals surface area contributed by atoms with Gasteiger partial charge in [-0.25, -0.2) is 0 Å². The summed E-state index contributed by atoms with van der Waals surface area (Å²) in [6.07, 6.45) is 4.03. The van der Waals surface area contributed by atoms with E-state index in [2.05, 4.69) is 6.07 Å². The van der Waals surface area contributed by atoms with Crippen LogP contribution in [0.2, 0.25) is 0 Å². The van der Waals surface area contributed by atoms with Gasteiger partial charge < -0.3 is 9.47 Å². The van der Waals surface area contributed by atoms with Crippen molar-refractivity contribution in [2.24, 2.45) is 0 Å². The zero-order valence-corrected chi connectivity index (χ0v) is 10.3. The summed E-state index contributed by atoms with van der Waals surface area (Å²) in [6, 6.07) is 8.25. The van der Waals surface area contributed by atoms with Crippen LogP contribution in [-0.2, 0) is 5.41 Å². The first-order valence-corrected chi connectivity index (χ1v) is 5.90. The average molecular weight is 231 g/mol. The average Bonchev–Trinajstić information content (AvgIpc) is 2.87. The van der Waals surface area contributed by atoms with Crippen LogP contribution in [0.15, 0.2) is 18.2 Å².